The fraction of sp³-hybridized carbons (Fsp3) is 0.250. The fourth-order valence-electron chi connectivity index (χ4n) is 3.39. The van der Waals surface area contributed by atoms with Gasteiger partial charge in [0.1, 0.15) is 0 Å². The van der Waals surface area contributed by atoms with Crippen molar-refractivity contribution in [1.82, 2.24) is 0 Å². The van der Waals surface area contributed by atoms with Crippen molar-refractivity contribution in [1.29, 1.82) is 0 Å². The summed E-state index contributed by atoms with van der Waals surface area (Å²) in [6.45, 7) is 6.58. The van der Waals surface area contributed by atoms with Crippen molar-refractivity contribution < 1.29 is 0 Å². The first-order valence-corrected chi connectivity index (χ1v) is 8.86. The molecule has 0 heteroatoms. The molecule has 0 spiro atoms. The monoisotopic (exact) mass is 314 g/mol. The average Bonchev–Trinajstić information content (AvgIpc) is 2.56. The van der Waals surface area contributed by atoms with Crippen molar-refractivity contribution in [2.45, 2.75) is 40.0 Å². The fourth-order valence-corrected chi connectivity index (χ4v) is 3.39. The Labute approximate surface area is 146 Å². The van der Waals surface area contributed by atoms with E-state index in [4.69, 9.17) is 0 Å². The summed E-state index contributed by atoms with van der Waals surface area (Å²) in [6.07, 6.45) is 3.12. The summed E-state index contributed by atoms with van der Waals surface area (Å²) < 4.78 is 0. The molecule has 0 saturated carbocycles. The molecule has 0 aromatic heterocycles. The average molecular weight is 314 g/mol. The maximum absolute atomic E-state index is 2.40. The zero-order valence-electron chi connectivity index (χ0n) is 15.0. The van der Waals surface area contributed by atoms with Crippen molar-refractivity contribution in [3.8, 4) is 0 Å². The van der Waals surface area contributed by atoms with Crippen molar-refractivity contribution in [2.75, 3.05) is 0 Å². The van der Waals surface area contributed by atoms with Gasteiger partial charge >= 0.3 is 0 Å². The van der Waals surface area contributed by atoms with Gasteiger partial charge in [-0.05, 0) is 60.9 Å². The van der Waals surface area contributed by atoms with Gasteiger partial charge in [-0.1, -0.05) is 84.8 Å². The van der Waals surface area contributed by atoms with E-state index in [1.54, 1.807) is 0 Å². The molecule has 0 radical (unpaired) electrons. The molecule has 0 amide bonds. The minimum absolute atomic E-state index is 1.01. The zero-order valence-corrected chi connectivity index (χ0v) is 15.0. The summed E-state index contributed by atoms with van der Waals surface area (Å²) in [5.74, 6) is 0. The van der Waals surface area contributed by atoms with E-state index in [1.807, 2.05) is 0 Å². The molecule has 3 aromatic rings. The Kier molecular flexibility index (Phi) is 5.15. The van der Waals surface area contributed by atoms with Gasteiger partial charge in [-0.2, -0.15) is 0 Å². The van der Waals surface area contributed by atoms with E-state index in [2.05, 4.69) is 87.5 Å². The van der Waals surface area contributed by atoms with E-state index >= 15 is 0 Å². The molecule has 0 fully saturated rings. The van der Waals surface area contributed by atoms with Crippen molar-refractivity contribution >= 4 is 0 Å². The normalized spacial score (nSPS) is 10.8. The molecule has 0 aliphatic carbocycles. The van der Waals surface area contributed by atoms with E-state index in [0.717, 1.165) is 19.3 Å². The van der Waals surface area contributed by atoms with Gasteiger partial charge in [0.05, 0.1) is 0 Å². The van der Waals surface area contributed by atoms with Crippen LogP contribution in [0.1, 0.15) is 45.9 Å². The lowest BCUT2D eigenvalue weighted by Gasteiger charge is -2.12. The van der Waals surface area contributed by atoms with E-state index < -0.39 is 0 Å². The third-order valence-corrected chi connectivity index (χ3v) is 4.62. The Hall–Kier alpha value is -2.34. The molecule has 0 heterocycles. The highest BCUT2D eigenvalue weighted by molar-refractivity contribution is 5.39. The Balaban J connectivity index is 1.82. The molecule has 3 rings (SSSR count). The van der Waals surface area contributed by atoms with Crippen LogP contribution in [-0.4, -0.2) is 0 Å². The molecule has 0 atom stereocenters. The summed E-state index contributed by atoms with van der Waals surface area (Å²) in [5, 5.41) is 0. The van der Waals surface area contributed by atoms with E-state index in [-0.39, 0.29) is 0 Å². The minimum atomic E-state index is 1.01. The number of hydrogen-bond acceptors (Lipinski definition) is 0. The second-order valence-electron chi connectivity index (χ2n) is 6.79. The maximum Gasteiger partial charge on any atom is -0.00229 e. The van der Waals surface area contributed by atoms with Crippen LogP contribution in [0.3, 0.4) is 0 Å². The van der Waals surface area contributed by atoms with Crippen molar-refractivity contribution in [3.63, 3.8) is 0 Å². The summed E-state index contributed by atoms with van der Waals surface area (Å²) in [7, 11) is 0. The molecule has 0 aliphatic rings. The number of aryl methyl sites for hydroxylation is 3. The first-order valence-electron chi connectivity index (χ1n) is 8.86. The smallest absolute Gasteiger partial charge is 0.00229 e. The van der Waals surface area contributed by atoms with E-state index in [9.17, 15) is 0 Å². The highest BCUT2D eigenvalue weighted by Crippen LogP contribution is 2.20. The molecule has 122 valence electrons. The maximum atomic E-state index is 2.40. The molecular formula is C24H26. The summed E-state index contributed by atoms with van der Waals surface area (Å²) in [4.78, 5) is 0. The van der Waals surface area contributed by atoms with Crippen LogP contribution in [0.15, 0.2) is 66.7 Å². The Bertz CT molecular complexity index is 827. The summed E-state index contributed by atoms with van der Waals surface area (Å²) in [6, 6.07) is 24.7. The standard InChI is InChI=1S/C24H26/c1-4-23-16-22(15-20-9-5-7-18(2)13-20)11-12-24(23)17-21-10-6-8-19(3)14-21/h5-14,16H,4,15,17H2,1-3H3. The highest BCUT2D eigenvalue weighted by atomic mass is 14.1. The molecule has 0 unspecified atom stereocenters. The number of benzene rings is 3. The topological polar surface area (TPSA) is 0 Å². The van der Waals surface area contributed by atoms with Crippen LogP contribution >= 0.6 is 0 Å². The number of hydrogen-bond donors (Lipinski definition) is 0. The van der Waals surface area contributed by atoms with Crippen LogP contribution in [0.5, 0.6) is 0 Å². The lowest BCUT2D eigenvalue weighted by Crippen LogP contribution is -1.98. The van der Waals surface area contributed by atoms with Crippen LogP contribution in [0.2, 0.25) is 0 Å². The SMILES string of the molecule is CCc1cc(Cc2cccc(C)c2)ccc1Cc1cccc(C)c1. The Morgan fingerprint density at radius 2 is 1.17 bits per heavy atom. The Morgan fingerprint density at radius 1 is 0.583 bits per heavy atom. The molecule has 24 heavy (non-hydrogen) atoms. The third kappa shape index (κ3) is 4.14. The third-order valence-electron chi connectivity index (χ3n) is 4.62. The lowest BCUT2D eigenvalue weighted by atomic mass is 9.93. The predicted octanol–water partition coefficient (Wildman–Crippen LogP) is 6.05. The van der Waals surface area contributed by atoms with Gasteiger partial charge < -0.3 is 0 Å². The minimum Gasteiger partial charge on any atom is -0.0617 e. The van der Waals surface area contributed by atoms with Gasteiger partial charge in [0.2, 0.25) is 0 Å². The molecule has 0 saturated heterocycles. The second kappa shape index (κ2) is 7.49. The molecular weight excluding hydrogens is 288 g/mol. The summed E-state index contributed by atoms with van der Waals surface area (Å²) in [5.41, 5.74) is 9.80. The molecule has 0 nitrogen and oxygen atoms in total. The van der Waals surface area contributed by atoms with Gasteiger partial charge in [-0.15, -0.1) is 0 Å². The molecule has 0 N–H and O–H groups in total. The molecule has 3 aromatic carbocycles. The van der Waals surface area contributed by atoms with Crippen LogP contribution < -0.4 is 0 Å². The zero-order chi connectivity index (χ0) is 16.9. The van der Waals surface area contributed by atoms with Gasteiger partial charge in [0.15, 0.2) is 0 Å². The van der Waals surface area contributed by atoms with Gasteiger partial charge in [-0.3, -0.25) is 0 Å². The van der Waals surface area contributed by atoms with Crippen LogP contribution in [-0.2, 0) is 19.3 Å². The molecule has 0 bridgehead atoms. The van der Waals surface area contributed by atoms with Gasteiger partial charge in [-0.25, -0.2) is 0 Å². The van der Waals surface area contributed by atoms with Crippen LogP contribution in [0.25, 0.3) is 0 Å². The first-order chi connectivity index (χ1) is 11.6. The Morgan fingerprint density at radius 3 is 1.75 bits per heavy atom. The summed E-state index contributed by atoms with van der Waals surface area (Å²) >= 11 is 0. The molecule has 0 aliphatic heterocycles. The number of rotatable bonds is 5. The largest absolute Gasteiger partial charge is 0.0617 e. The second-order valence-corrected chi connectivity index (χ2v) is 6.79. The quantitative estimate of drug-likeness (QED) is 0.538. The predicted molar refractivity (Wildman–Crippen MR) is 104 cm³/mol. The van der Waals surface area contributed by atoms with Crippen molar-refractivity contribution in [2.24, 2.45) is 0 Å². The van der Waals surface area contributed by atoms with Gasteiger partial charge in [0.25, 0.3) is 0 Å². The lowest BCUT2D eigenvalue weighted by molar-refractivity contribution is 1.04. The highest BCUT2D eigenvalue weighted by Gasteiger charge is 2.05. The van der Waals surface area contributed by atoms with Gasteiger partial charge in [0, 0.05) is 0 Å². The van der Waals surface area contributed by atoms with Crippen molar-refractivity contribution in [3.05, 3.63) is 106 Å². The van der Waals surface area contributed by atoms with Crippen LogP contribution in [0, 0.1) is 13.8 Å². The van der Waals surface area contributed by atoms with E-state index in [1.165, 1.54) is 38.9 Å². The van der Waals surface area contributed by atoms with E-state index in [0.29, 0.717) is 0 Å². The van der Waals surface area contributed by atoms with Crippen LogP contribution in [0.4, 0.5) is 0 Å². The first kappa shape index (κ1) is 16.5.